The van der Waals surface area contributed by atoms with E-state index in [1.54, 1.807) is 11.3 Å². The second-order valence-corrected chi connectivity index (χ2v) is 7.70. The minimum atomic E-state index is 0.0773. The smallest absolute Gasteiger partial charge is 0.229 e. The van der Waals surface area contributed by atoms with Crippen LogP contribution in [0.25, 0.3) is 11.0 Å². The van der Waals surface area contributed by atoms with Gasteiger partial charge in [0, 0.05) is 31.1 Å². The molecule has 5 nitrogen and oxygen atoms in total. The number of anilines is 1. The van der Waals surface area contributed by atoms with E-state index in [1.165, 1.54) is 10.4 Å². The molecule has 0 aliphatic carbocycles. The van der Waals surface area contributed by atoms with Crippen molar-refractivity contribution in [2.45, 2.75) is 13.0 Å². The number of rotatable bonds is 2. The lowest BCUT2D eigenvalue weighted by Crippen LogP contribution is -2.55. The van der Waals surface area contributed by atoms with E-state index in [0.717, 1.165) is 49.5 Å². The summed E-state index contributed by atoms with van der Waals surface area (Å²) in [6, 6.07) is 10.0. The van der Waals surface area contributed by atoms with E-state index in [1.807, 2.05) is 35.4 Å². The number of nitrogens with zero attached hydrogens (tertiary/aromatic N) is 4. The second kappa shape index (κ2) is 5.81. The van der Waals surface area contributed by atoms with Crippen molar-refractivity contribution in [2.24, 2.45) is 5.92 Å². The summed E-state index contributed by atoms with van der Waals surface area (Å²) in [5, 5.41) is 2.13. The molecule has 25 heavy (non-hydrogen) atoms. The highest BCUT2D eigenvalue weighted by Gasteiger charge is 2.37. The Balaban J connectivity index is 1.26. The zero-order valence-electron chi connectivity index (χ0n) is 13.8. The fourth-order valence-electron chi connectivity index (χ4n) is 3.62. The molecule has 5 rings (SSSR count). The first-order valence-corrected chi connectivity index (χ1v) is 9.47. The number of carbonyl (C=O) groups excluding carboxylic acids is 1. The zero-order chi connectivity index (χ0) is 16.8. The van der Waals surface area contributed by atoms with Gasteiger partial charge >= 0.3 is 0 Å². The van der Waals surface area contributed by atoms with Gasteiger partial charge in [0.05, 0.1) is 23.1 Å². The van der Waals surface area contributed by atoms with Crippen molar-refractivity contribution in [1.29, 1.82) is 0 Å². The number of aromatic nitrogens is 2. The van der Waals surface area contributed by atoms with Crippen molar-refractivity contribution in [3.8, 4) is 0 Å². The first kappa shape index (κ1) is 14.8. The van der Waals surface area contributed by atoms with Crippen LogP contribution in [0.2, 0.25) is 0 Å². The van der Waals surface area contributed by atoms with Crippen LogP contribution in [0.15, 0.2) is 41.9 Å². The average Bonchev–Trinajstić information content (AvgIpc) is 3.08. The molecule has 1 amide bonds. The van der Waals surface area contributed by atoms with Crippen molar-refractivity contribution in [3.63, 3.8) is 0 Å². The van der Waals surface area contributed by atoms with E-state index in [9.17, 15) is 4.79 Å². The van der Waals surface area contributed by atoms with Gasteiger partial charge in [-0.05, 0) is 35.6 Å². The molecule has 0 radical (unpaired) electrons. The third kappa shape index (κ3) is 2.57. The SMILES string of the molecule is O=C(C1CN(c2cnc3ccccc3n2)C1)N1CCc2sccc2C1. The quantitative estimate of drug-likeness (QED) is 0.713. The van der Waals surface area contributed by atoms with Crippen LogP contribution in [0, 0.1) is 5.92 Å². The molecule has 2 aromatic heterocycles. The molecule has 1 aromatic carbocycles. The first-order chi connectivity index (χ1) is 12.3. The van der Waals surface area contributed by atoms with Gasteiger partial charge < -0.3 is 9.80 Å². The summed E-state index contributed by atoms with van der Waals surface area (Å²) in [6.45, 7) is 3.08. The lowest BCUT2D eigenvalue weighted by molar-refractivity contribution is -0.137. The standard InChI is InChI=1S/C19H18N4OS/c24-19(22-7-5-17-13(10-22)6-8-25-17)14-11-23(12-14)18-9-20-15-3-1-2-4-16(15)21-18/h1-4,6,8-9,14H,5,7,10-12H2. The Hall–Kier alpha value is -2.47. The maximum absolute atomic E-state index is 12.8. The van der Waals surface area contributed by atoms with Crippen LogP contribution in [0.4, 0.5) is 5.82 Å². The number of hydrogen-bond acceptors (Lipinski definition) is 5. The van der Waals surface area contributed by atoms with E-state index in [0.29, 0.717) is 0 Å². The van der Waals surface area contributed by atoms with Crippen LogP contribution < -0.4 is 4.90 Å². The Morgan fingerprint density at radius 2 is 2.00 bits per heavy atom. The molecule has 126 valence electrons. The normalized spacial score (nSPS) is 17.4. The molecule has 4 heterocycles. The maximum Gasteiger partial charge on any atom is 0.229 e. The monoisotopic (exact) mass is 350 g/mol. The second-order valence-electron chi connectivity index (χ2n) is 6.70. The van der Waals surface area contributed by atoms with Crippen LogP contribution in [0.1, 0.15) is 10.4 Å². The van der Waals surface area contributed by atoms with Gasteiger partial charge in [0.2, 0.25) is 5.91 Å². The van der Waals surface area contributed by atoms with Crippen molar-refractivity contribution in [2.75, 3.05) is 24.5 Å². The number of para-hydroxylation sites is 2. The predicted octanol–water partition coefficient (Wildman–Crippen LogP) is 2.71. The summed E-state index contributed by atoms with van der Waals surface area (Å²) in [5.74, 6) is 1.22. The van der Waals surface area contributed by atoms with Gasteiger partial charge in [0.25, 0.3) is 0 Å². The Morgan fingerprint density at radius 1 is 1.16 bits per heavy atom. The molecule has 2 aliphatic heterocycles. The van der Waals surface area contributed by atoms with Gasteiger partial charge in [-0.2, -0.15) is 0 Å². The van der Waals surface area contributed by atoms with Crippen LogP contribution in [-0.2, 0) is 17.8 Å². The predicted molar refractivity (Wildman–Crippen MR) is 98.7 cm³/mol. The van der Waals surface area contributed by atoms with Gasteiger partial charge in [0.15, 0.2) is 0 Å². The van der Waals surface area contributed by atoms with Crippen LogP contribution in [-0.4, -0.2) is 40.4 Å². The maximum atomic E-state index is 12.8. The largest absolute Gasteiger partial charge is 0.354 e. The molecule has 3 aromatic rings. The van der Waals surface area contributed by atoms with Gasteiger partial charge in [0.1, 0.15) is 5.82 Å². The molecule has 0 saturated carbocycles. The minimum absolute atomic E-state index is 0.0773. The number of hydrogen-bond donors (Lipinski definition) is 0. The molecule has 6 heteroatoms. The van der Waals surface area contributed by atoms with Gasteiger partial charge in [-0.1, -0.05) is 12.1 Å². The number of amides is 1. The van der Waals surface area contributed by atoms with E-state index in [2.05, 4.69) is 26.3 Å². The van der Waals surface area contributed by atoms with E-state index >= 15 is 0 Å². The van der Waals surface area contributed by atoms with Crippen LogP contribution >= 0.6 is 11.3 Å². The molecule has 0 atom stereocenters. The third-order valence-corrected chi connectivity index (χ3v) is 6.13. The summed E-state index contributed by atoms with van der Waals surface area (Å²) in [4.78, 5) is 27.5. The summed E-state index contributed by atoms with van der Waals surface area (Å²) in [6.07, 6.45) is 2.80. The zero-order valence-corrected chi connectivity index (χ0v) is 14.6. The Labute approximate surface area is 149 Å². The number of thiophene rings is 1. The fourth-order valence-corrected chi connectivity index (χ4v) is 4.51. The topological polar surface area (TPSA) is 49.3 Å². The van der Waals surface area contributed by atoms with Crippen molar-refractivity contribution < 1.29 is 4.79 Å². The van der Waals surface area contributed by atoms with E-state index < -0.39 is 0 Å². The highest BCUT2D eigenvalue weighted by Crippen LogP contribution is 2.29. The number of carbonyl (C=O) groups is 1. The molecule has 0 bridgehead atoms. The minimum Gasteiger partial charge on any atom is -0.354 e. The molecule has 0 unspecified atom stereocenters. The van der Waals surface area contributed by atoms with E-state index in [4.69, 9.17) is 0 Å². The first-order valence-electron chi connectivity index (χ1n) is 8.59. The summed E-state index contributed by atoms with van der Waals surface area (Å²) >= 11 is 1.80. The van der Waals surface area contributed by atoms with Gasteiger partial charge in [-0.3, -0.25) is 9.78 Å². The third-order valence-electron chi connectivity index (χ3n) is 5.11. The lowest BCUT2D eigenvalue weighted by Gasteiger charge is -2.41. The average molecular weight is 350 g/mol. The van der Waals surface area contributed by atoms with Gasteiger partial charge in [-0.15, -0.1) is 11.3 Å². The van der Waals surface area contributed by atoms with Crippen LogP contribution in [0.5, 0.6) is 0 Å². The molecule has 0 N–H and O–H groups in total. The highest BCUT2D eigenvalue weighted by molar-refractivity contribution is 7.10. The molecule has 1 fully saturated rings. The van der Waals surface area contributed by atoms with Crippen LogP contribution in [0.3, 0.4) is 0 Å². The Kier molecular flexibility index (Phi) is 3.45. The van der Waals surface area contributed by atoms with Crippen molar-refractivity contribution in [3.05, 3.63) is 52.3 Å². The van der Waals surface area contributed by atoms with Crippen molar-refractivity contribution >= 4 is 34.1 Å². The summed E-state index contributed by atoms with van der Waals surface area (Å²) in [5.41, 5.74) is 3.12. The molecule has 2 aliphatic rings. The number of fused-ring (bicyclic) bond motifs is 2. The van der Waals surface area contributed by atoms with Crippen molar-refractivity contribution in [1.82, 2.24) is 14.9 Å². The Bertz CT molecular complexity index is 947. The molecular formula is C19H18N4OS. The van der Waals surface area contributed by atoms with E-state index in [-0.39, 0.29) is 11.8 Å². The number of benzene rings is 1. The summed E-state index contributed by atoms with van der Waals surface area (Å²) < 4.78 is 0. The molecule has 0 spiro atoms. The van der Waals surface area contributed by atoms with Gasteiger partial charge in [-0.25, -0.2) is 4.98 Å². The summed E-state index contributed by atoms with van der Waals surface area (Å²) in [7, 11) is 0. The highest BCUT2D eigenvalue weighted by atomic mass is 32.1. The molecular weight excluding hydrogens is 332 g/mol. The lowest BCUT2D eigenvalue weighted by atomic mass is 9.97. The molecule has 1 saturated heterocycles. The Morgan fingerprint density at radius 3 is 2.88 bits per heavy atom. The fraction of sp³-hybridized carbons (Fsp3) is 0.316.